The van der Waals surface area contributed by atoms with Gasteiger partial charge in [-0.1, -0.05) is 158 Å². The second-order valence-electron chi connectivity index (χ2n) is 12.8. The zero-order chi connectivity index (χ0) is 33.0. The van der Waals surface area contributed by atoms with E-state index in [1.54, 1.807) is 0 Å². The van der Waals surface area contributed by atoms with Gasteiger partial charge in [0.25, 0.3) is 0 Å². The molecule has 232 valence electrons. The van der Waals surface area contributed by atoms with Crippen LogP contribution in [0.1, 0.15) is 0 Å². The Morgan fingerprint density at radius 3 is 1.24 bits per heavy atom. The first-order valence-electron chi connectivity index (χ1n) is 16.9. The SMILES string of the molecule is c1ccc(-c2nc(-c3ccccc3)nc(-c3ccc4cc(-c5cc6c7ccccc7c7ccccc7c6c6ccccc56)ccc4c3)n2)cc1. The number of fused-ring (bicyclic) bond motifs is 9. The summed E-state index contributed by atoms with van der Waals surface area (Å²) in [5.41, 5.74) is 5.30. The summed E-state index contributed by atoms with van der Waals surface area (Å²) in [6.07, 6.45) is 0. The molecule has 50 heavy (non-hydrogen) atoms. The molecule has 0 atom stereocenters. The van der Waals surface area contributed by atoms with Crippen LogP contribution in [0.3, 0.4) is 0 Å². The van der Waals surface area contributed by atoms with Crippen LogP contribution in [0.15, 0.2) is 176 Å². The van der Waals surface area contributed by atoms with Crippen molar-refractivity contribution in [2.45, 2.75) is 0 Å². The van der Waals surface area contributed by atoms with Crippen LogP contribution in [0.25, 0.3) is 99.2 Å². The van der Waals surface area contributed by atoms with Crippen LogP contribution in [-0.2, 0) is 0 Å². The van der Waals surface area contributed by atoms with Crippen molar-refractivity contribution in [3.63, 3.8) is 0 Å². The third-order valence-electron chi connectivity index (χ3n) is 9.86. The normalized spacial score (nSPS) is 11.6. The van der Waals surface area contributed by atoms with Crippen LogP contribution in [-0.4, -0.2) is 15.0 Å². The number of hydrogen-bond donors (Lipinski definition) is 0. The Morgan fingerprint density at radius 1 is 0.260 bits per heavy atom. The van der Waals surface area contributed by atoms with Gasteiger partial charge in [0.15, 0.2) is 17.5 Å². The van der Waals surface area contributed by atoms with E-state index < -0.39 is 0 Å². The lowest BCUT2D eigenvalue weighted by molar-refractivity contribution is 1.07. The molecular weight excluding hydrogens is 607 g/mol. The molecule has 0 saturated carbocycles. The summed E-state index contributed by atoms with van der Waals surface area (Å²) in [7, 11) is 0. The fourth-order valence-corrected chi connectivity index (χ4v) is 7.50. The summed E-state index contributed by atoms with van der Waals surface area (Å²) >= 11 is 0. The number of nitrogens with zero attached hydrogens (tertiary/aromatic N) is 3. The Morgan fingerprint density at radius 2 is 0.660 bits per heavy atom. The van der Waals surface area contributed by atoms with Gasteiger partial charge in [-0.05, 0) is 83.2 Å². The first kappa shape index (κ1) is 28.3. The van der Waals surface area contributed by atoms with E-state index in [4.69, 9.17) is 15.0 Å². The molecule has 0 spiro atoms. The predicted molar refractivity (Wildman–Crippen MR) is 209 cm³/mol. The van der Waals surface area contributed by atoms with Gasteiger partial charge in [-0.15, -0.1) is 0 Å². The largest absolute Gasteiger partial charge is 0.208 e. The molecule has 10 aromatic rings. The second-order valence-corrected chi connectivity index (χ2v) is 12.8. The summed E-state index contributed by atoms with van der Waals surface area (Å²) in [6, 6.07) is 62.4. The van der Waals surface area contributed by atoms with Gasteiger partial charge < -0.3 is 0 Å². The Bertz CT molecular complexity index is 2860. The molecule has 0 aliphatic rings. The number of aromatic nitrogens is 3. The van der Waals surface area contributed by atoms with Crippen molar-refractivity contribution in [1.82, 2.24) is 15.0 Å². The molecule has 9 aromatic carbocycles. The van der Waals surface area contributed by atoms with Crippen molar-refractivity contribution in [2.24, 2.45) is 0 Å². The lowest BCUT2D eigenvalue weighted by Crippen LogP contribution is -2.00. The van der Waals surface area contributed by atoms with Gasteiger partial charge in [0, 0.05) is 16.7 Å². The van der Waals surface area contributed by atoms with Crippen molar-refractivity contribution in [3.8, 4) is 45.3 Å². The van der Waals surface area contributed by atoms with E-state index in [0.717, 1.165) is 22.1 Å². The molecule has 10 rings (SSSR count). The summed E-state index contributed by atoms with van der Waals surface area (Å²) in [6.45, 7) is 0. The van der Waals surface area contributed by atoms with Crippen molar-refractivity contribution < 1.29 is 0 Å². The molecule has 0 N–H and O–H groups in total. The minimum atomic E-state index is 0.656. The summed E-state index contributed by atoms with van der Waals surface area (Å²) < 4.78 is 0. The van der Waals surface area contributed by atoms with E-state index in [1.807, 2.05) is 60.7 Å². The highest BCUT2D eigenvalue weighted by atomic mass is 15.0. The first-order chi connectivity index (χ1) is 24.8. The molecule has 0 aliphatic heterocycles. The average molecular weight is 636 g/mol. The lowest BCUT2D eigenvalue weighted by Gasteiger charge is -2.16. The molecule has 0 bridgehead atoms. The van der Waals surface area contributed by atoms with Gasteiger partial charge in [-0.2, -0.15) is 0 Å². The van der Waals surface area contributed by atoms with Crippen molar-refractivity contribution >= 4 is 53.9 Å². The van der Waals surface area contributed by atoms with Gasteiger partial charge in [0.2, 0.25) is 0 Å². The van der Waals surface area contributed by atoms with Crippen LogP contribution in [0.4, 0.5) is 0 Å². The van der Waals surface area contributed by atoms with E-state index in [2.05, 4.69) is 115 Å². The summed E-state index contributed by atoms with van der Waals surface area (Å²) in [4.78, 5) is 14.8. The molecule has 0 unspecified atom stereocenters. The quantitative estimate of drug-likeness (QED) is 0.181. The van der Waals surface area contributed by atoms with Gasteiger partial charge in [-0.25, -0.2) is 15.0 Å². The van der Waals surface area contributed by atoms with Gasteiger partial charge in [0.05, 0.1) is 0 Å². The minimum absolute atomic E-state index is 0.656. The number of hydrogen-bond acceptors (Lipinski definition) is 3. The molecule has 0 aliphatic carbocycles. The highest BCUT2D eigenvalue weighted by Gasteiger charge is 2.16. The predicted octanol–water partition coefficient (Wildman–Crippen LogP) is 12.3. The molecule has 1 heterocycles. The molecule has 0 radical (unpaired) electrons. The molecule has 3 nitrogen and oxygen atoms in total. The Balaban J connectivity index is 1.14. The zero-order valence-electron chi connectivity index (χ0n) is 27.1. The van der Waals surface area contributed by atoms with Gasteiger partial charge in [-0.3, -0.25) is 0 Å². The third kappa shape index (κ3) is 4.63. The second kappa shape index (κ2) is 11.5. The highest BCUT2D eigenvalue weighted by molar-refractivity contribution is 6.33. The maximum Gasteiger partial charge on any atom is 0.164 e. The third-order valence-corrected chi connectivity index (χ3v) is 9.86. The molecule has 1 aromatic heterocycles. The van der Waals surface area contributed by atoms with E-state index in [0.29, 0.717) is 17.5 Å². The monoisotopic (exact) mass is 635 g/mol. The minimum Gasteiger partial charge on any atom is -0.208 e. The van der Waals surface area contributed by atoms with Crippen LogP contribution in [0.2, 0.25) is 0 Å². The van der Waals surface area contributed by atoms with Gasteiger partial charge in [0.1, 0.15) is 0 Å². The van der Waals surface area contributed by atoms with E-state index in [1.165, 1.54) is 59.6 Å². The molecule has 0 amide bonds. The van der Waals surface area contributed by atoms with Crippen molar-refractivity contribution in [3.05, 3.63) is 176 Å². The first-order valence-corrected chi connectivity index (χ1v) is 16.9. The van der Waals surface area contributed by atoms with E-state index >= 15 is 0 Å². The molecule has 0 fully saturated rings. The highest BCUT2D eigenvalue weighted by Crippen LogP contribution is 2.43. The molecular formula is C47H29N3. The van der Waals surface area contributed by atoms with Crippen molar-refractivity contribution in [1.29, 1.82) is 0 Å². The lowest BCUT2D eigenvalue weighted by atomic mass is 9.87. The molecule has 0 saturated heterocycles. The Hall–Kier alpha value is -6.71. The summed E-state index contributed by atoms with van der Waals surface area (Å²) in [5.74, 6) is 1.98. The number of rotatable bonds is 4. The Labute approximate surface area is 289 Å². The maximum absolute atomic E-state index is 4.96. The van der Waals surface area contributed by atoms with Crippen LogP contribution >= 0.6 is 0 Å². The van der Waals surface area contributed by atoms with Crippen LogP contribution < -0.4 is 0 Å². The standard InChI is InChI=1S/C47H29N3/c1-3-13-30(14-4-1)45-48-46(31-15-5-2-6-16-31)50-47(49-45)35-26-24-32-27-34(25-23-33(32)28-35)42-29-43-38-19-8-7-17-36(38)37-18-9-11-21-40(37)44(43)41-22-12-10-20-39(41)42/h1-29H. The van der Waals surface area contributed by atoms with Crippen LogP contribution in [0, 0.1) is 0 Å². The van der Waals surface area contributed by atoms with Gasteiger partial charge >= 0.3 is 0 Å². The van der Waals surface area contributed by atoms with Crippen molar-refractivity contribution in [2.75, 3.05) is 0 Å². The average Bonchev–Trinajstić information content (AvgIpc) is 3.20. The fraction of sp³-hybridized carbons (Fsp3) is 0. The maximum atomic E-state index is 4.96. The molecule has 3 heteroatoms. The smallest absolute Gasteiger partial charge is 0.164 e. The zero-order valence-corrected chi connectivity index (χ0v) is 27.1. The Kier molecular flexibility index (Phi) is 6.49. The van der Waals surface area contributed by atoms with E-state index in [-0.39, 0.29) is 0 Å². The topological polar surface area (TPSA) is 38.7 Å². The van der Waals surface area contributed by atoms with Crippen LogP contribution in [0.5, 0.6) is 0 Å². The fourth-order valence-electron chi connectivity index (χ4n) is 7.50. The number of benzene rings is 9. The van der Waals surface area contributed by atoms with E-state index in [9.17, 15) is 0 Å². The summed E-state index contributed by atoms with van der Waals surface area (Å²) in [5, 5.41) is 12.6.